The number of hydrogen-bond acceptors (Lipinski definition) is 5. The van der Waals surface area contributed by atoms with Gasteiger partial charge in [0.25, 0.3) is 5.91 Å². The number of benzene rings is 1. The van der Waals surface area contributed by atoms with E-state index >= 15 is 0 Å². The summed E-state index contributed by atoms with van der Waals surface area (Å²) in [4.78, 5) is 32.7. The zero-order valence-corrected chi connectivity index (χ0v) is 19.3. The van der Waals surface area contributed by atoms with Crippen molar-refractivity contribution in [3.8, 4) is 5.75 Å². The molecule has 2 N–H and O–H groups in total. The number of amides is 3. The third kappa shape index (κ3) is 5.30. The topological polar surface area (TPSA) is 83.6 Å². The minimum absolute atomic E-state index is 0.0880. The molecule has 0 unspecified atom stereocenters. The first kappa shape index (κ1) is 21.9. The summed E-state index contributed by atoms with van der Waals surface area (Å²) >= 11 is 7.35. The molecule has 0 spiro atoms. The molecule has 1 aliphatic heterocycles. The van der Waals surface area contributed by atoms with Crippen LogP contribution in [0.15, 0.2) is 24.3 Å². The van der Waals surface area contributed by atoms with Crippen LogP contribution in [-0.4, -0.2) is 40.0 Å². The number of anilines is 1. The van der Waals surface area contributed by atoms with E-state index in [0.717, 1.165) is 23.4 Å². The molecule has 1 aromatic heterocycles. The SMILES string of the molecule is CC(C)(Oc1ccc(Cl)cc1)C(=O)N1CCc2nc(NC(=O)NC3CCCC3)sc2C1. The van der Waals surface area contributed by atoms with Gasteiger partial charge < -0.3 is 15.0 Å². The highest BCUT2D eigenvalue weighted by atomic mass is 35.5. The van der Waals surface area contributed by atoms with Crippen LogP contribution in [0.3, 0.4) is 0 Å². The Bertz CT molecular complexity index is 954. The summed E-state index contributed by atoms with van der Waals surface area (Å²) in [6.45, 7) is 4.57. The Kier molecular flexibility index (Phi) is 6.39. The van der Waals surface area contributed by atoms with Crippen molar-refractivity contribution in [2.75, 3.05) is 11.9 Å². The molecule has 1 saturated carbocycles. The van der Waals surface area contributed by atoms with Gasteiger partial charge >= 0.3 is 6.03 Å². The molecule has 0 radical (unpaired) electrons. The van der Waals surface area contributed by atoms with Crippen molar-refractivity contribution in [3.05, 3.63) is 39.9 Å². The second kappa shape index (κ2) is 9.04. The third-order valence-corrected chi connectivity index (χ3v) is 6.88. The van der Waals surface area contributed by atoms with Crippen LogP contribution >= 0.6 is 22.9 Å². The Hall–Kier alpha value is -2.32. The molecular weight excluding hydrogens is 436 g/mol. The number of carbonyl (C=O) groups is 2. The van der Waals surface area contributed by atoms with Crippen molar-refractivity contribution in [1.29, 1.82) is 0 Å². The molecule has 0 atom stereocenters. The Balaban J connectivity index is 1.37. The summed E-state index contributed by atoms with van der Waals surface area (Å²) in [5, 5.41) is 7.06. The van der Waals surface area contributed by atoms with E-state index < -0.39 is 5.60 Å². The fraction of sp³-hybridized carbons (Fsp3) is 0.500. The number of thiazole rings is 1. The number of carbonyl (C=O) groups excluding carboxylic acids is 2. The molecule has 0 saturated heterocycles. The van der Waals surface area contributed by atoms with Gasteiger partial charge in [0.15, 0.2) is 10.7 Å². The Morgan fingerprint density at radius 1 is 1.23 bits per heavy atom. The molecule has 3 amide bonds. The maximum Gasteiger partial charge on any atom is 0.321 e. The number of urea groups is 1. The first-order chi connectivity index (χ1) is 14.8. The van der Waals surface area contributed by atoms with Crippen LogP contribution in [0.4, 0.5) is 9.93 Å². The summed E-state index contributed by atoms with van der Waals surface area (Å²) in [7, 11) is 0. The van der Waals surface area contributed by atoms with Crippen molar-refractivity contribution < 1.29 is 14.3 Å². The van der Waals surface area contributed by atoms with Gasteiger partial charge in [0.05, 0.1) is 12.2 Å². The number of hydrogen-bond donors (Lipinski definition) is 2. The molecule has 1 aliphatic carbocycles. The monoisotopic (exact) mass is 462 g/mol. The predicted octanol–water partition coefficient (Wildman–Crippen LogP) is 4.60. The van der Waals surface area contributed by atoms with Crippen LogP contribution in [0.5, 0.6) is 5.75 Å². The maximum absolute atomic E-state index is 13.2. The van der Waals surface area contributed by atoms with E-state index in [1.54, 1.807) is 43.0 Å². The van der Waals surface area contributed by atoms with Crippen molar-refractivity contribution in [3.63, 3.8) is 0 Å². The lowest BCUT2D eigenvalue weighted by atomic mass is 10.1. The molecule has 2 heterocycles. The van der Waals surface area contributed by atoms with Crippen LogP contribution in [0, 0.1) is 0 Å². The lowest BCUT2D eigenvalue weighted by molar-refractivity contribution is -0.146. The number of fused-ring (bicyclic) bond motifs is 1. The summed E-state index contributed by atoms with van der Waals surface area (Å²) in [5.41, 5.74) is -0.0696. The fourth-order valence-corrected chi connectivity index (χ4v) is 5.18. The average molecular weight is 463 g/mol. The maximum atomic E-state index is 13.2. The van der Waals surface area contributed by atoms with Gasteiger partial charge in [0.1, 0.15) is 5.75 Å². The van der Waals surface area contributed by atoms with E-state index in [2.05, 4.69) is 15.6 Å². The summed E-state index contributed by atoms with van der Waals surface area (Å²) in [6, 6.07) is 7.03. The molecule has 2 aliphatic rings. The van der Waals surface area contributed by atoms with Crippen LogP contribution < -0.4 is 15.4 Å². The highest BCUT2D eigenvalue weighted by Crippen LogP contribution is 2.30. The average Bonchev–Trinajstić information content (AvgIpc) is 3.37. The van der Waals surface area contributed by atoms with Crippen molar-refractivity contribution in [1.82, 2.24) is 15.2 Å². The van der Waals surface area contributed by atoms with Crippen LogP contribution in [-0.2, 0) is 17.8 Å². The summed E-state index contributed by atoms with van der Waals surface area (Å²) < 4.78 is 5.95. The Labute approximate surface area is 191 Å². The quantitative estimate of drug-likeness (QED) is 0.680. The molecule has 2 aromatic rings. The molecule has 0 bridgehead atoms. The van der Waals surface area contributed by atoms with Gasteiger partial charge in [-0.2, -0.15) is 0 Å². The van der Waals surface area contributed by atoms with Crippen molar-refractivity contribution in [2.24, 2.45) is 0 Å². The third-order valence-electron chi connectivity index (χ3n) is 5.63. The molecule has 1 aromatic carbocycles. The Morgan fingerprint density at radius 2 is 1.94 bits per heavy atom. The van der Waals surface area contributed by atoms with Gasteiger partial charge in [-0.05, 0) is 51.0 Å². The number of halogens is 1. The standard InChI is InChI=1S/C22H27ClN4O3S/c1-22(2,30-16-9-7-14(23)8-10-16)19(28)27-12-11-17-18(13-27)31-21(25-17)26-20(29)24-15-5-3-4-6-15/h7-10,15H,3-6,11-13H2,1-2H3,(H2,24,25,26,29). The highest BCUT2D eigenvalue weighted by molar-refractivity contribution is 7.15. The Morgan fingerprint density at radius 3 is 2.65 bits per heavy atom. The highest BCUT2D eigenvalue weighted by Gasteiger charge is 2.36. The number of aromatic nitrogens is 1. The summed E-state index contributed by atoms with van der Waals surface area (Å²) in [5.74, 6) is 0.507. The number of nitrogens with one attached hydrogen (secondary N) is 2. The normalized spacial score (nSPS) is 16.7. The lowest BCUT2D eigenvalue weighted by Gasteiger charge is -2.34. The smallest absolute Gasteiger partial charge is 0.321 e. The number of nitrogens with zero attached hydrogens (tertiary/aromatic N) is 2. The van der Waals surface area contributed by atoms with E-state index in [9.17, 15) is 9.59 Å². The molecule has 7 nitrogen and oxygen atoms in total. The van der Waals surface area contributed by atoms with Gasteiger partial charge in [-0.25, -0.2) is 9.78 Å². The van der Waals surface area contributed by atoms with E-state index in [4.69, 9.17) is 16.3 Å². The predicted molar refractivity (Wildman–Crippen MR) is 122 cm³/mol. The molecule has 1 fully saturated rings. The minimum atomic E-state index is -1.02. The van der Waals surface area contributed by atoms with Gasteiger partial charge in [0, 0.05) is 28.9 Å². The van der Waals surface area contributed by atoms with Crippen LogP contribution in [0.1, 0.15) is 50.1 Å². The number of ether oxygens (including phenoxy) is 1. The summed E-state index contributed by atoms with van der Waals surface area (Å²) in [6.07, 6.45) is 5.05. The molecular formula is C22H27ClN4O3S. The first-order valence-electron chi connectivity index (χ1n) is 10.6. The second-order valence-corrected chi connectivity index (χ2v) is 10.0. The molecule has 9 heteroatoms. The lowest BCUT2D eigenvalue weighted by Crippen LogP contribution is -2.50. The van der Waals surface area contributed by atoms with E-state index in [-0.39, 0.29) is 18.0 Å². The van der Waals surface area contributed by atoms with Crippen LogP contribution in [0.25, 0.3) is 0 Å². The van der Waals surface area contributed by atoms with Gasteiger partial charge in [-0.15, -0.1) is 0 Å². The zero-order chi connectivity index (χ0) is 22.0. The second-order valence-electron chi connectivity index (χ2n) is 8.51. The van der Waals surface area contributed by atoms with E-state index in [0.29, 0.717) is 35.4 Å². The van der Waals surface area contributed by atoms with Gasteiger partial charge in [-0.3, -0.25) is 10.1 Å². The van der Waals surface area contributed by atoms with Gasteiger partial charge in [-0.1, -0.05) is 35.8 Å². The van der Waals surface area contributed by atoms with Gasteiger partial charge in [0.2, 0.25) is 0 Å². The largest absolute Gasteiger partial charge is 0.478 e. The fourth-order valence-electron chi connectivity index (χ4n) is 4.03. The van der Waals surface area contributed by atoms with E-state index in [1.165, 1.54) is 24.2 Å². The molecule has 4 rings (SSSR count). The van der Waals surface area contributed by atoms with Crippen LogP contribution in [0.2, 0.25) is 5.02 Å². The van der Waals surface area contributed by atoms with E-state index in [1.807, 2.05) is 0 Å². The zero-order valence-electron chi connectivity index (χ0n) is 17.7. The van der Waals surface area contributed by atoms with Crippen molar-refractivity contribution in [2.45, 2.75) is 64.1 Å². The van der Waals surface area contributed by atoms with Crippen molar-refractivity contribution >= 4 is 40.0 Å². The minimum Gasteiger partial charge on any atom is -0.478 e. The molecule has 166 valence electrons. The molecule has 31 heavy (non-hydrogen) atoms. The number of rotatable bonds is 5. The first-order valence-corrected chi connectivity index (χ1v) is 11.8.